The van der Waals surface area contributed by atoms with Crippen molar-refractivity contribution in [2.24, 2.45) is 5.73 Å². The first-order valence-corrected chi connectivity index (χ1v) is 5.92. The maximum atomic E-state index is 5.84. The van der Waals surface area contributed by atoms with Crippen LogP contribution in [0.15, 0.2) is 42.5 Å². The van der Waals surface area contributed by atoms with Crippen molar-refractivity contribution in [1.82, 2.24) is 0 Å². The summed E-state index contributed by atoms with van der Waals surface area (Å²) in [6, 6.07) is 14.9. The SMILES string of the molecule is NC(=S)C1(c2ccc3ccccc3c2)CC1. The first kappa shape index (κ1) is 9.79. The summed E-state index contributed by atoms with van der Waals surface area (Å²) < 4.78 is 0. The van der Waals surface area contributed by atoms with E-state index in [0.29, 0.717) is 4.99 Å². The van der Waals surface area contributed by atoms with Crippen molar-refractivity contribution in [3.05, 3.63) is 48.0 Å². The fraction of sp³-hybridized carbons (Fsp3) is 0.214. The maximum absolute atomic E-state index is 5.84. The van der Waals surface area contributed by atoms with Gasteiger partial charge in [0.1, 0.15) is 0 Å². The summed E-state index contributed by atoms with van der Waals surface area (Å²) in [7, 11) is 0. The van der Waals surface area contributed by atoms with Gasteiger partial charge >= 0.3 is 0 Å². The number of thiocarbonyl (C=S) groups is 1. The molecule has 0 radical (unpaired) electrons. The third-order valence-electron chi connectivity index (χ3n) is 3.52. The van der Waals surface area contributed by atoms with E-state index in [9.17, 15) is 0 Å². The minimum absolute atomic E-state index is 0.000630. The molecule has 0 atom stereocenters. The van der Waals surface area contributed by atoms with Crippen LogP contribution in [0.2, 0.25) is 0 Å². The van der Waals surface area contributed by atoms with Crippen LogP contribution in [0.3, 0.4) is 0 Å². The summed E-state index contributed by atoms with van der Waals surface area (Å²) in [5.74, 6) is 0. The Bertz CT molecular complexity index is 570. The van der Waals surface area contributed by atoms with Crippen molar-refractivity contribution in [1.29, 1.82) is 0 Å². The molecule has 1 aliphatic carbocycles. The van der Waals surface area contributed by atoms with Gasteiger partial charge < -0.3 is 5.73 Å². The summed E-state index contributed by atoms with van der Waals surface area (Å²) in [6.45, 7) is 0. The summed E-state index contributed by atoms with van der Waals surface area (Å²) in [5.41, 5.74) is 7.12. The van der Waals surface area contributed by atoms with Gasteiger partial charge in [-0.1, -0.05) is 54.7 Å². The molecule has 0 spiro atoms. The van der Waals surface area contributed by atoms with Crippen molar-refractivity contribution in [3.8, 4) is 0 Å². The Morgan fingerprint density at radius 1 is 1.06 bits per heavy atom. The summed E-state index contributed by atoms with van der Waals surface area (Å²) in [5, 5.41) is 2.53. The van der Waals surface area contributed by atoms with E-state index in [1.807, 2.05) is 0 Å². The van der Waals surface area contributed by atoms with Gasteiger partial charge in [-0.3, -0.25) is 0 Å². The van der Waals surface area contributed by atoms with Gasteiger partial charge in [0.05, 0.1) is 4.99 Å². The van der Waals surface area contributed by atoms with Crippen LogP contribution in [0.1, 0.15) is 18.4 Å². The van der Waals surface area contributed by atoms with Gasteiger partial charge in [-0.2, -0.15) is 0 Å². The number of nitrogens with two attached hydrogens (primary N) is 1. The number of rotatable bonds is 2. The van der Waals surface area contributed by atoms with Gasteiger partial charge in [-0.05, 0) is 29.2 Å². The molecular weight excluding hydrogens is 214 g/mol. The Balaban J connectivity index is 2.16. The smallest absolute Gasteiger partial charge is 0.0834 e. The second-order valence-electron chi connectivity index (χ2n) is 4.51. The lowest BCUT2D eigenvalue weighted by molar-refractivity contribution is 0.958. The average molecular weight is 227 g/mol. The zero-order chi connectivity index (χ0) is 11.2. The quantitative estimate of drug-likeness (QED) is 0.798. The molecule has 1 fully saturated rings. The van der Waals surface area contributed by atoms with E-state index in [1.165, 1.54) is 16.3 Å². The van der Waals surface area contributed by atoms with Crippen LogP contribution in [-0.4, -0.2) is 4.99 Å². The van der Waals surface area contributed by atoms with E-state index >= 15 is 0 Å². The maximum Gasteiger partial charge on any atom is 0.0834 e. The van der Waals surface area contributed by atoms with Gasteiger partial charge in [0.2, 0.25) is 0 Å². The Hall–Kier alpha value is -1.41. The summed E-state index contributed by atoms with van der Waals surface area (Å²) in [6.07, 6.45) is 2.20. The van der Waals surface area contributed by atoms with Crippen LogP contribution >= 0.6 is 12.2 Å². The molecule has 0 saturated heterocycles. The molecule has 3 rings (SSSR count). The van der Waals surface area contributed by atoms with Crippen molar-refractivity contribution in [2.45, 2.75) is 18.3 Å². The predicted molar refractivity (Wildman–Crippen MR) is 71.6 cm³/mol. The molecular formula is C14H13NS. The first-order chi connectivity index (χ1) is 7.72. The number of fused-ring (bicyclic) bond motifs is 1. The number of benzene rings is 2. The van der Waals surface area contributed by atoms with E-state index in [0.717, 1.165) is 12.8 Å². The van der Waals surface area contributed by atoms with Gasteiger partial charge in [-0.25, -0.2) is 0 Å². The third kappa shape index (κ3) is 1.34. The molecule has 1 nitrogen and oxygen atoms in total. The molecule has 0 aliphatic heterocycles. The minimum atomic E-state index is -0.000630. The normalized spacial score (nSPS) is 17.2. The van der Waals surface area contributed by atoms with Crippen LogP contribution in [0.25, 0.3) is 10.8 Å². The van der Waals surface area contributed by atoms with Crippen LogP contribution in [0.5, 0.6) is 0 Å². The topological polar surface area (TPSA) is 26.0 Å². The predicted octanol–water partition coefficient (Wildman–Crippen LogP) is 3.16. The molecule has 1 aliphatic rings. The Morgan fingerprint density at radius 3 is 2.38 bits per heavy atom. The van der Waals surface area contributed by atoms with Crippen LogP contribution < -0.4 is 5.73 Å². The second kappa shape index (κ2) is 3.29. The summed E-state index contributed by atoms with van der Waals surface area (Å²) >= 11 is 5.18. The lowest BCUT2D eigenvalue weighted by Gasteiger charge is -2.14. The minimum Gasteiger partial charge on any atom is -0.393 e. The molecule has 2 N–H and O–H groups in total. The highest BCUT2D eigenvalue weighted by atomic mass is 32.1. The first-order valence-electron chi connectivity index (χ1n) is 5.52. The van der Waals surface area contributed by atoms with E-state index in [4.69, 9.17) is 18.0 Å². The number of hydrogen-bond acceptors (Lipinski definition) is 1. The lowest BCUT2D eigenvalue weighted by atomic mass is 9.93. The fourth-order valence-corrected chi connectivity index (χ4v) is 2.61. The Labute approximate surface area is 100 Å². The van der Waals surface area contributed by atoms with Crippen molar-refractivity contribution < 1.29 is 0 Å². The van der Waals surface area contributed by atoms with Crippen molar-refractivity contribution >= 4 is 28.0 Å². The zero-order valence-corrected chi connectivity index (χ0v) is 9.76. The molecule has 0 heterocycles. The van der Waals surface area contributed by atoms with Crippen LogP contribution in [0.4, 0.5) is 0 Å². The molecule has 2 aromatic carbocycles. The molecule has 0 bridgehead atoms. The molecule has 80 valence electrons. The van der Waals surface area contributed by atoms with E-state index in [-0.39, 0.29) is 5.41 Å². The lowest BCUT2D eigenvalue weighted by Crippen LogP contribution is -2.26. The van der Waals surface area contributed by atoms with E-state index in [2.05, 4.69) is 42.5 Å². The Morgan fingerprint density at radius 2 is 1.75 bits per heavy atom. The highest BCUT2D eigenvalue weighted by molar-refractivity contribution is 7.80. The van der Waals surface area contributed by atoms with Crippen LogP contribution in [0, 0.1) is 0 Å². The largest absolute Gasteiger partial charge is 0.393 e. The van der Waals surface area contributed by atoms with E-state index < -0.39 is 0 Å². The fourth-order valence-electron chi connectivity index (χ4n) is 2.29. The Kier molecular flexibility index (Phi) is 2.01. The zero-order valence-electron chi connectivity index (χ0n) is 8.94. The number of hydrogen-bond donors (Lipinski definition) is 1. The molecule has 2 aromatic rings. The van der Waals surface area contributed by atoms with Crippen LogP contribution in [-0.2, 0) is 5.41 Å². The van der Waals surface area contributed by atoms with Crippen molar-refractivity contribution in [2.75, 3.05) is 0 Å². The standard InChI is InChI=1S/C14H13NS/c15-13(16)14(7-8-14)12-6-5-10-3-1-2-4-11(10)9-12/h1-6,9H,7-8H2,(H2,15,16). The van der Waals surface area contributed by atoms with Gasteiger partial charge in [-0.15, -0.1) is 0 Å². The van der Waals surface area contributed by atoms with Gasteiger partial charge in [0.25, 0.3) is 0 Å². The van der Waals surface area contributed by atoms with Crippen molar-refractivity contribution in [3.63, 3.8) is 0 Å². The average Bonchev–Trinajstić information content (AvgIpc) is 3.09. The molecule has 2 heteroatoms. The highest BCUT2D eigenvalue weighted by Gasteiger charge is 2.47. The summed E-state index contributed by atoms with van der Waals surface area (Å²) in [4.78, 5) is 0.641. The molecule has 0 amide bonds. The monoisotopic (exact) mass is 227 g/mol. The molecule has 16 heavy (non-hydrogen) atoms. The second-order valence-corrected chi connectivity index (χ2v) is 4.95. The molecule has 0 aromatic heterocycles. The van der Waals surface area contributed by atoms with E-state index in [1.54, 1.807) is 0 Å². The third-order valence-corrected chi connectivity index (χ3v) is 3.91. The molecule has 0 unspecified atom stereocenters. The molecule has 1 saturated carbocycles. The van der Waals surface area contributed by atoms with Gasteiger partial charge in [0, 0.05) is 5.41 Å². The highest BCUT2D eigenvalue weighted by Crippen LogP contribution is 2.48. The van der Waals surface area contributed by atoms with Gasteiger partial charge in [0.15, 0.2) is 0 Å².